The zero-order valence-corrected chi connectivity index (χ0v) is 11.3. The molecule has 3 aromatic carbocycles. The standard InChI is InChI=1S/C19H14O/c1-13-6-8-15(9-7-13)18-12-16-11-10-14-4-2-3-5-17(14)19(16)20-18/h2-12H,1H3. The van der Waals surface area contributed by atoms with Crippen LogP contribution in [-0.2, 0) is 0 Å². The topological polar surface area (TPSA) is 13.1 Å². The fourth-order valence-corrected chi connectivity index (χ4v) is 2.63. The van der Waals surface area contributed by atoms with Crippen molar-refractivity contribution >= 4 is 21.7 Å². The summed E-state index contributed by atoms with van der Waals surface area (Å²) in [4.78, 5) is 0. The molecule has 0 atom stereocenters. The first-order chi connectivity index (χ1) is 9.81. The van der Waals surface area contributed by atoms with E-state index in [-0.39, 0.29) is 0 Å². The third-order valence-corrected chi connectivity index (χ3v) is 3.74. The number of furan rings is 1. The summed E-state index contributed by atoms with van der Waals surface area (Å²) in [6.45, 7) is 2.09. The van der Waals surface area contributed by atoms with Crippen molar-refractivity contribution in [2.45, 2.75) is 6.92 Å². The molecule has 0 spiro atoms. The van der Waals surface area contributed by atoms with Gasteiger partial charge in [0.25, 0.3) is 0 Å². The van der Waals surface area contributed by atoms with Crippen LogP contribution in [-0.4, -0.2) is 0 Å². The molecule has 1 aromatic heterocycles. The molecule has 0 radical (unpaired) electrons. The molecule has 1 heterocycles. The van der Waals surface area contributed by atoms with Crippen LogP contribution in [0.25, 0.3) is 33.1 Å². The Hall–Kier alpha value is -2.54. The lowest BCUT2D eigenvalue weighted by Crippen LogP contribution is -1.74. The Morgan fingerprint density at radius 1 is 0.750 bits per heavy atom. The van der Waals surface area contributed by atoms with E-state index in [2.05, 4.69) is 73.7 Å². The highest BCUT2D eigenvalue weighted by Crippen LogP contribution is 2.32. The molecule has 0 N–H and O–H groups in total. The fraction of sp³-hybridized carbons (Fsp3) is 0.0526. The first-order valence-electron chi connectivity index (χ1n) is 6.79. The third-order valence-electron chi connectivity index (χ3n) is 3.74. The second-order valence-corrected chi connectivity index (χ2v) is 5.18. The lowest BCUT2D eigenvalue weighted by atomic mass is 10.1. The molecule has 1 nitrogen and oxygen atoms in total. The molecule has 0 saturated carbocycles. The van der Waals surface area contributed by atoms with Crippen molar-refractivity contribution in [1.82, 2.24) is 0 Å². The van der Waals surface area contributed by atoms with Crippen molar-refractivity contribution in [3.05, 3.63) is 72.3 Å². The molecule has 0 aliphatic rings. The molecule has 0 aliphatic heterocycles. The number of fused-ring (bicyclic) bond motifs is 3. The quantitative estimate of drug-likeness (QED) is 0.435. The molecule has 20 heavy (non-hydrogen) atoms. The van der Waals surface area contributed by atoms with Gasteiger partial charge in [-0.15, -0.1) is 0 Å². The minimum Gasteiger partial charge on any atom is -0.455 e. The summed E-state index contributed by atoms with van der Waals surface area (Å²) in [5.41, 5.74) is 3.35. The van der Waals surface area contributed by atoms with Gasteiger partial charge in [0, 0.05) is 16.3 Å². The molecule has 0 bridgehead atoms. The predicted octanol–water partition coefficient (Wildman–Crippen LogP) is 5.56. The zero-order chi connectivity index (χ0) is 13.5. The fourth-order valence-electron chi connectivity index (χ4n) is 2.63. The number of hydrogen-bond donors (Lipinski definition) is 0. The van der Waals surface area contributed by atoms with Crippen molar-refractivity contribution < 1.29 is 4.42 Å². The van der Waals surface area contributed by atoms with Crippen molar-refractivity contribution in [1.29, 1.82) is 0 Å². The van der Waals surface area contributed by atoms with E-state index in [1.807, 2.05) is 0 Å². The summed E-state index contributed by atoms with van der Waals surface area (Å²) in [5.74, 6) is 0.927. The van der Waals surface area contributed by atoms with Gasteiger partial charge in [-0.05, 0) is 18.4 Å². The van der Waals surface area contributed by atoms with Crippen molar-refractivity contribution in [2.24, 2.45) is 0 Å². The largest absolute Gasteiger partial charge is 0.455 e. The molecule has 0 saturated heterocycles. The first-order valence-corrected chi connectivity index (χ1v) is 6.79. The molecular weight excluding hydrogens is 244 g/mol. The lowest BCUT2D eigenvalue weighted by Gasteiger charge is -1.98. The summed E-state index contributed by atoms with van der Waals surface area (Å²) >= 11 is 0. The van der Waals surface area contributed by atoms with Crippen molar-refractivity contribution in [3.8, 4) is 11.3 Å². The van der Waals surface area contributed by atoms with Gasteiger partial charge in [-0.1, -0.05) is 66.2 Å². The van der Waals surface area contributed by atoms with Gasteiger partial charge in [0.15, 0.2) is 0 Å². The maximum Gasteiger partial charge on any atom is 0.142 e. The van der Waals surface area contributed by atoms with Gasteiger partial charge in [-0.2, -0.15) is 0 Å². The molecular formula is C19H14O. The Bertz CT molecular complexity index is 898. The van der Waals surface area contributed by atoms with E-state index in [1.54, 1.807) is 0 Å². The lowest BCUT2D eigenvalue weighted by molar-refractivity contribution is 0.635. The van der Waals surface area contributed by atoms with Crippen LogP contribution < -0.4 is 0 Å². The summed E-state index contributed by atoms with van der Waals surface area (Å²) in [6.07, 6.45) is 0. The molecule has 0 unspecified atom stereocenters. The van der Waals surface area contributed by atoms with E-state index in [4.69, 9.17) is 4.42 Å². The van der Waals surface area contributed by atoms with Crippen LogP contribution in [0.3, 0.4) is 0 Å². The van der Waals surface area contributed by atoms with Crippen LogP contribution >= 0.6 is 0 Å². The van der Waals surface area contributed by atoms with Gasteiger partial charge < -0.3 is 4.42 Å². The highest BCUT2D eigenvalue weighted by molar-refractivity contribution is 6.05. The average Bonchev–Trinajstić information content (AvgIpc) is 2.92. The monoisotopic (exact) mass is 258 g/mol. The van der Waals surface area contributed by atoms with Crippen LogP contribution in [0.15, 0.2) is 71.1 Å². The van der Waals surface area contributed by atoms with Gasteiger partial charge in [0.1, 0.15) is 11.3 Å². The van der Waals surface area contributed by atoms with Crippen molar-refractivity contribution in [2.75, 3.05) is 0 Å². The smallest absolute Gasteiger partial charge is 0.142 e. The number of hydrogen-bond acceptors (Lipinski definition) is 1. The Kier molecular flexibility index (Phi) is 2.40. The maximum absolute atomic E-state index is 6.11. The maximum atomic E-state index is 6.11. The Morgan fingerprint density at radius 3 is 2.35 bits per heavy atom. The second-order valence-electron chi connectivity index (χ2n) is 5.18. The van der Waals surface area contributed by atoms with E-state index >= 15 is 0 Å². The number of aryl methyl sites for hydroxylation is 1. The van der Waals surface area contributed by atoms with Crippen LogP contribution in [0.2, 0.25) is 0 Å². The molecule has 1 heteroatoms. The average molecular weight is 258 g/mol. The SMILES string of the molecule is Cc1ccc(-c2cc3ccc4ccccc4c3o2)cc1. The molecule has 4 rings (SSSR count). The number of rotatable bonds is 1. The Morgan fingerprint density at radius 2 is 1.50 bits per heavy atom. The minimum atomic E-state index is 0.927. The van der Waals surface area contributed by atoms with E-state index < -0.39 is 0 Å². The zero-order valence-electron chi connectivity index (χ0n) is 11.3. The molecule has 0 fully saturated rings. The van der Waals surface area contributed by atoms with Gasteiger partial charge >= 0.3 is 0 Å². The Labute approximate surface area is 117 Å². The highest BCUT2D eigenvalue weighted by Gasteiger charge is 2.08. The van der Waals surface area contributed by atoms with Gasteiger partial charge in [0.05, 0.1) is 0 Å². The summed E-state index contributed by atoms with van der Waals surface area (Å²) in [5, 5.41) is 3.53. The molecule has 96 valence electrons. The normalized spacial score (nSPS) is 11.2. The summed E-state index contributed by atoms with van der Waals surface area (Å²) in [6, 6.07) is 23.2. The van der Waals surface area contributed by atoms with Crippen LogP contribution in [0, 0.1) is 6.92 Å². The van der Waals surface area contributed by atoms with Gasteiger partial charge in [-0.25, -0.2) is 0 Å². The summed E-state index contributed by atoms with van der Waals surface area (Å²) < 4.78 is 6.11. The minimum absolute atomic E-state index is 0.927. The highest BCUT2D eigenvalue weighted by atomic mass is 16.3. The van der Waals surface area contributed by atoms with Crippen LogP contribution in [0.1, 0.15) is 5.56 Å². The van der Waals surface area contributed by atoms with Gasteiger partial charge in [-0.3, -0.25) is 0 Å². The van der Waals surface area contributed by atoms with Crippen LogP contribution in [0.4, 0.5) is 0 Å². The van der Waals surface area contributed by atoms with E-state index in [0.29, 0.717) is 0 Å². The predicted molar refractivity (Wildman–Crippen MR) is 83.9 cm³/mol. The first kappa shape index (κ1) is 11.3. The summed E-state index contributed by atoms with van der Waals surface area (Å²) in [7, 11) is 0. The van der Waals surface area contributed by atoms with Crippen molar-refractivity contribution in [3.63, 3.8) is 0 Å². The van der Waals surface area contributed by atoms with E-state index in [1.165, 1.54) is 16.3 Å². The van der Waals surface area contributed by atoms with Gasteiger partial charge in [0.2, 0.25) is 0 Å². The van der Waals surface area contributed by atoms with E-state index in [9.17, 15) is 0 Å². The third kappa shape index (κ3) is 1.71. The second kappa shape index (κ2) is 4.24. The molecule has 0 aliphatic carbocycles. The Balaban J connectivity index is 1.98. The molecule has 0 amide bonds. The van der Waals surface area contributed by atoms with E-state index in [0.717, 1.165) is 22.3 Å². The number of benzene rings is 3. The van der Waals surface area contributed by atoms with Crippen LogP contribution in [0.5, 0.6) is 0 Å². The molecule has 4 aromatic rings.